The summed E-state index contributed by atoms with van der Waals surface area (Å²) in [5.41, 5.74) is 3.59. The molecule has 0 unspecified atom stereocenters. The van der Waals surface area contributed by atoms with Crippen LogP contribution in [0.25, 0.3) is 11.1 Å². The van der Waals surface area contributed by atoms with Crippen LogP contribution in [-0.2, 0) is 0 Å². The van der Waals surface area contributed by atoms with Gasteiger partial charge in [0, 0.05) is 46.5 Å². The van der Waals surface area contributed by atoms with E-state index in [1.807, 2.05) is 121 Å². The molecule has 8 heteroatoms. The molecule has 74 heavy (non-hydrogen) atoms. The SMILES string of the molecule is CC(C)(O)C#CC(C#CC(C)(C)O)=C1C#CC(=C(c2ccccc2)c2ccccc2)C#CC(=C(C#Cc2ccc([N+](=O)[O-])cc2)C#Cc2ccc([N+](=O)[O-])cc2)C#CC(=C(c2ccccc2)c2ccccc2)C#C1. The van der Waals surface area contributed by atoms with Crippen molar-refractivity contribution in [2.45, 2.75) is 38.9 Å². The summed E-state index contributed by atoms with van der Waals surface area (Å²) in [6.45, 7) is 6.17. The minimum atomic E-state index is -1.44. The zero-order valence-electron chi connectivity index (χ0n) is 40.6. The van der Waals surface area contributed by atoms with Gasteiger partial charge in [-0.15, -0.1) is 0 Å². The van der Waals surface area contributed by atoms with Gasteiger partial charge in [-0.3, -0.25) is 20.2 Å². The standard InChI is InChI=1S/C66H42N2O6/c1-65(2,69)47-45-54(46-48-66(3,4)70)53-35-39-59(63(55-17-9-5-10-18-55)56-19-11-6-12-20-56)37-33-52(34-38-60(40-36-53)64(57-21-13-7-14-22-57)58-23-15-8-16-24-58)51(31-25-49-27-41-61(42-28-49)67(71)72)32-26-50-29-43-62(44-30-50)68(73)74/h5-24,27-30,41-44,69-70H,1-4H3. The summed E-state index contributed by atoms with van der Waals surface area (Å²) >= 11 is 0. The van der Waals surface area contributed by atoms with Crippen LogP contribution in [0.1, 0.15) is 61.1 Å². The van der Waals surface area contributed by atoms with Crippen molar-refractivity contribution < 1.29 is 20.1 Å². The topological polar surface area (TPSA) is 127 Å². The molecule has 8 nitrogen and oxygen atoms in total. The highest BCUT2D eigenvalue weighted by atomic mass is 16.6. The van der Waals surface area contributed by atoms with Crippen LogP contribution in [0.15, 0.2) is 203 Å². The van der Waals surface area contributed by atoms with E-state index in [0.29, 0.717) is 33.4 Å². The van der Waals surface area contributed by atoms with Crippen LogP contribution in [0.5, 0.6) is 0 Å². The monoisotopic (exact) mass is 958 g/mol. The Morgan fingerprint density at radius 3 is 0.905 bits per heavy atom. The zero-order valence-corrected chi connectivity index (χ0v) is 40.6. The minimum Gasteiger partial charge on any atom is -0.378 e. The maximum absolute atomic E-state index is 11.5. The Morgan fingerprint density at radius 2 is 0.649 bits per heavy atom. The fourth-order valence-corrected chi connectivity index (χ4v) is 6.80. The van der Waals surface area contributed by atoms with Crippen LogP contribution in [0.2, 0.25) is 0 Å². The van der Waals surface area contributed by atoms with Gasteiger partial charge in [-0.05, 0) is 97.9 Å². The quantitative estimate of drug-likeness (QED) is 0.0973. The molecule has 6 aromatic carbocycles. The molecule has 352 valence electrons. The van der Waals surface area contributed by atoms with Gasteiger partial charge in [-0.1, -0.05) is 192 Å². The minimum absolute atomic E-state index is 0.108. The molecule has 0 radical (unpaired) electrons. The lowest BCUT2D eigenvalue weighted by atomic mass is 9.91. The molecule has 1 aliphatic rings. The zero-order chi connectivity index (χ0) is 52.5. The van der Waals surface area contributed by atoms with Gasteiger partial charge in [0.1, 0.15) is 11.2 Å². The predicted octanol–water partition coefficient (Wildman–Crippen LogP) is 11.1. The Kier molecular flexibility index (Phi) is 16.6. The van der Waals surface area contributed by atoms with Crippen molar-refractivity contribution in [1.29, 1.82) is 0 Å². The summed E-state index contributed by atoms with van der Waals surface area (Å²) in [5, 5.41) is 44.7. The molecule has 0 bridgehead atoms. The molecule has 0 saturated heterocycles. The van der Waals surface area contributed by atoms with Gasteiger partial charge >= 0.3 is 0 Å². The molecule has 2 N–H and O–H groups in total. The fourth-order valence-electron chi connectivity index (χ4n) is 6.80. The molecular weight excluding hydrogens is 917 g/mol. The van der Waals surface area contributed by atoms with Gasteiger partial charge in [0.25, 0.3) is 11.4 Å². The second-order valence-electron chi connectivity index (χ2n) is 17.2. The number of hydrogen-bond donors (Lipinski definition) is 2. The van der Waals surface area contributed by atoms with Gasteiger partial charge in [0.2, 0.25) is 0 Å². The van der Waals surface area contributed by atoms with Crippen molar-refractivity contribution in [3.8, 4) is 94.7 Å². The molecule has 6 aromatic rings. The van der Waals surface area contributed by atoms with E-state index in [2.05, 4.69) is 94.7 Å². The van der Waals surface area contributed by atoms with Crippen molar-refractivity contribution in [2.75, 3.05) is 0 Å². The van der Waals surface area contributed by atoms with Gasteiger partial charge in [0.15, 0.2) is 0 Å². The highest BCUT2D eigenvalue weighted by Gasteiger charge is 2.15. The summed E-state index contributed by atoms with van der Waals surface area (Å²) in [6.07, 6.45) is 0. The van der Waals surface area contributed by atoms with Crippen LogP contribution in [0.4, 0.5) is 11.4 Å². The van der Waals surface area contributed by atoms with E-state index in [0.717, 1.165) is 22.3 Å². The Morgan fingerprint density at radius 1 is 0.392 bits per heavy atom. The summed E-state index contributed by atoms with van der Waals surface area (Å²) in [7, 11) is 0. The number of benzene rings is 6. The molecule has 0 aromatic heterocycles. The molecule has 0 heterocycles. The molecule has 0 saturated carbocycles. The highest BCUT2D eigenvalue weighted by molar-refractivity contribution is 5.90. The summed E-state index contributed by atoms with van der Waals surface area (Å²) < 4.78 is 0. The molecule has 0 spiro atoms. The van der Waals surface area contributed by atoms with E-state index in [-0.39, 0.29) is 33.7 Å². The number of non-ortho nitro benzene ring substituents is 2. The first-order valence-corrected chi connectivity index (χ1v) is 22.9. The van der Waals surface area contributed by atoms with Crippen LogP contribution in [-0.4, -0.2) is 31.3 Å². The van der Waals surface area contributed by atoms with Gasteiger partial charge in [-0.25, -0.2) is 0 Å². The lowest BCUT2D eigenvalue weighted by Gasteiger charge is -2.10. The lowest BCUT2D eigenvalue weighted by molar-refractivity contribution is -0.385. The van der Waals surface area contributed by atoms with Gasteiger partial charge < -0.3 is 10.2 Å². The third-order valence-electron chi connectivity index (χ3n) is 10.3. The first-order valence-electron chi connectivity index (χ1n) is 22.9. The number of nitro groups is 2. The molecule has 0 atom stereocenters. The number of hydrogen-bond acceptors (Lipinski definition) is 6. The first kappa shape index (κ1) is 51.3. The lowest BCUT2D eigenvalue weighted by Crippen LogP contribution is -2.15. The summed E-state index contributed by atoms with van der Waals surface area (Å²) in [4.78, 5) is 22.1. The smallest absolute Gasteiger partial charge is 0.269 e. The molecule has 0 aliphatic heterocycles. The number of nitro benzene ring substituents is 2. The molecule has 7 rings (SSSR count). The molecule has 0 amide bonds. The van der Waals surface area contributed by atoms with Crippen molar-refractivity contribution in [3.05, 3.63) is 257 Å². The summed E-state index contributed by atoms with van der Waals surface area (Å²) in [5.74, 6) is 50.7. The predicted molar refractivity (Wildman–Crippen MR) is 291 cm³/mol. The Balaban J connectivity index is 1.69. The van der Waals surface area contributed by atoms with Crippen LogP contribution in [0, 0.1) is 115 Å². The number of allylic oxidation sites excluding steroid dienone is 6. The largest absolute Gasteiger partial charge is 0.378 e. The highest BCUT2D eigenvalue weighted by Crippen LogP contribution is 2.29. The van der Waals surface area contributed by atoms with Crippen LogP contribution in [0.3, 0.4) is 0 Å². The van der Waals surface area contributed by atoms with E-state index < -0.39 is 21.0 Å². The second kappa shape index (κ2) is 23.9. The van der Waals surface area contributed by atoms with E-state index in [1.54, 1.807) is 27.7 Å². The molecular formula is C66H42N2O6. The number of aliphatic hydroxyl groups is 2. The van der Waals surface area contributed by atoms with E-state index in [1.165, 1.54) is 48.5 Å². The van der Waals surface area contributed by atoms with Gasteiger partial charge in [0.05, 0.1) is 43.3 Å². The fraction of sp³-hybridized carbons (Fsp3) is 0.0909. The summed E-state index contributed by atoms with van der Waals surface area (Å²) in [6, 6.07) is 49.9. The Labute approximate surface area is 431 Å². The molecule has 0 fully saturated rings. The van der Waals surface area contributed by atoms with Crippen molar-refractivity contribution >= 4 is 22.5 Å². The van der Waals surface area contributed by atoms with E-state index in [4.69, 9.17) is 0 Å². The number of nitrogens with zero attached hydrogens (tertiary/aromatic N) is 2. The number of rotatable bonds is 6. The molecule has 1 aliphatic carbocycles. The van der Waals surface area contributed by atoms with Crippen LogP contribution < -0.4 is 0 Å². The van der Waals surface area contributed by atoms with E-state index >= 15 is 0 Å². The average molecular weight is 959 g/mol. The maximum atomic E-state index is 11.5. The third kappa shape index (κ3) is 14.7. The van der Waals surface area contributed by atoms with Crippen molar-refractivity contribution in [3.63, 3.8) is 0 Å². The van der Waals surface area contributed by atoms with Crippen molar-refractivity contribution in [2.24, 2.45) is 0 Å². The maximum Gasteiger partial charge on any atom is 0.269 e. The third-order valence-corrected chi connectivity index (χ3v) is 10.3. The van der Waals surface area contributed by atoms with E-state index in [9.17, 15) is 30.4 Å². The Bertz CT molecular complexity index is 3500. The van der Waals surface area contributed by atoms with Gasteiger partial charge in [-0.2, -0.15) is 0 Å². The van der Waals surface area contributed by atoms with Crippen LogP contribution >= 0.6 is 0 Å². The average Bonchev–Trinajstić information content (AvgIpc) is 3.39. The van der Waals surface area contributed by atoms with Crippen molar-refractivity contribution in [1.82, 2.24) is 0 Å². The second-order valence-corrected chi connectivity index (χ2v) is 17.2. The normalized spacial score (nSPS) is 11.3. The Hall–Kier alpha value is -10.5. The first-order chi connectivity index (χ1) is 35.6.